The first-order valence-electron chi connectivity index (χ1n) is 7.51. The Bertz CT molecular complexity index is 829. The number of anilines is 1. The van der Waals surface area contributed by atoms with Crippen molar-refractivity contribution in [1.29, 1.82) is 5.41 Å². The van der Waals surface area contributed by atoms with Gasteiger partial charge in [-0.1, -0.05) is 18.2 Å². The number of halogens is 2. The highest BCUT2D eigenvalue weighted by molar-refractivity contribution is 8.13. The Kier molecular flexibility index (Phi) is 5.00. The van der Waals surface area contributed by atoms with Crippen LogP contribution in [0, 0.1) is 12.3 Å². The Balaban J connectivity index is 1.73. The predicted octanol–water partition coefficient (Wildman–Crippen LogP) is 2.79. The largest absolute Gasteiger partial charge is 0.433 e. The molecule has 8 heteroatoms. The highest BCUT2D eigenvalue weighted by Gasteiger charge is 2.33. The number of quaternary nitrogens is 1. The molecule has 1 aliphatic heterocycles. The summed E-state index contributed by atoms with van der Waals surface area (Å²) < 4.78 is 29.3. The lowest BCUT2D eigenvalue weighted by Gasteiger charge is -2.14. The third kappa shape index (κ3) is 3.97. The van der Waals surface area contributed by atoms with E-state index in [0.717, 1.165) is 16.1 Å². The highest BCUT2D eigenvalue weighted by atomic mass is 32.2. The number of benzene rings is 2. The van der Waals surface area contributed by atoms with Gasteiger partial charge in [-0.15, -0.1) is 0 Å². The summed E-state index contributed by atoms with van der Waals surface area (Å²) in [5.74, 6) is -0.484. The zero-order valence-corrected chi connectivity index (χ0v) is 14.1. The molecule has 0 bridgehead atoms. The fraction of sp³-hybridized carbons (Fsp3) is 0.176. The number of carbonyl (C=O) groups excluding carboxylic acids is 1. The molecular weight excluding hydrogens is 348 g/mol. The van der Waals surface area contributed by atoms with Crippen LogP contribution in [0.4, 0.5) is 20.2 Å². The molecule has 1 amide bonds. The molecule has 0 fully saturated rings. The van der Waals surface area contributed by atoms with Gasteiger partial charge in [-0.05, 0) is 42.4 Å². The van der Waals surface area contributed by atoms with Gasteiger partial charge in [-0.3, -0.25) is 4.79 Å². The molecule has 0 saturated heterocycles. The molecule has 1 aliphatic rings. The van der Waals surface area contributed by atoms with Crippen LogP contribution in [0.25, 0.3) is 0 Å². The first-order chi connectivity index (χ1) is 11.9. The lowest BCUT2D eigenvalue weighted by Crippen LogP contribution is -3.09. The van der Waals surface area contributed by atoms with Gasteiger partial charge in [0.05, 0.1) is 10.6 Å². The van der Waals surface area contributed by atoms with E-state index < -0.39 is 6.61 Å². The number of aryl methyl sites for hydroxylation is 1. The topological polar surface area (TPSA) is 66.6 Å². The quantitative estimate of drug-likeness (QED) is 0.764. The van der Waals surface area contributed by atoms with Crippen molar-refractivity contribution in [2.45, 2.75) is 18.4 Å². The van der Waals surface area contributed by atoms with Crippen LogP contribution in [0.5, 0.6) is 5.75 Å². The number of amidine groups is 1. The van der Waals surface area contributed by atoms with Crippen molar-refractivity contribution in [3.8, 4) is 5.75 Å². The molecule has 0 aliphatic carbocycles. The standard InChI is InChI=1S/C17H15F2N3O2S/c1-10-6-7-12-14(8-10)25-17(20)22(12)9-15(23)21-11-4-2-3-5-13(11)24-16(18)19/h2-8,16,20H,9H2,1H3,(H,21,23)/p+1. The first-order valence-corrected chi connectivity index (χ1v) is 8.33. The zero-order chi connectivity index (χ0) is 18.0. The molecule has 0 aromatic heterocycles. The van der Waals surface area contributed by atoms with E-state index in [9.17, 15) is 13.6 Å². The molecule has 0 spiro atoms. The molecule has 1 atom stereocenters. The van der Waals surface area contributed by atoms with E-state index in [1.807, 2.05) is 25.1 Å². The van der Waals surface area contributed by atoms with E-state index in [1.54, 1.807) is 12.1 Å². The number of rotatable bonds is 5. The summed E-state index contributed by atoms with van der Waals surface area (Å²) in [5.41, 5.74) is 2.13. The Labute approximate surface area is 147 Å². The number of nitrogens with one attached hydrogen (secondary N) is 3. The van der Waals surface area contributed by atoms with Gasteiger partial charge in [-0.25, -0.2) is 10.3 Å². The van der Waals surface area contributed by atoms with Crippen LogP contribution in [0.15, 0.2) is 47.4 Å². The molecular formula is C17H16F2N3O2S+. The number of amides is 1. The van der Waals surface area contributed by atoms with Crippen molar-refractivity contribution >= 4 is 34.2 Å². The van der Waals surface area contributed by atoms with Gasteiger partial charge in [0.1, 0.15) is 5.75 Å². The van der Waals surface area contributed by atoms with E-state index in [-0.39, 0.29) is 23.9 Å². The van der Waals surface area contributed by atoms with Gasteiger partial charge in [-0.2, -0.15) is 8.78 Å². The minimum absolute atomic E-state index is 0.00902. The van der Waals surface area contributed by atoms with Crippen LogP contribution < -0.4 is 15.0 Å². The van der Waals surface area contributed by atoms with Gasteiger partial charge in [0.15, 0.2) is 12.2 Å². The minimum Gasteiger partial charge on any atom is -0.433 e. The lowest BCUT2D eigenvalue weighted by atomic mass is 10.2. The second-order valence-corrected chi connectivity index (χ2v) is 6.56. The molecule has 5 nitrogen and oxygen atoms in total. The number of para-hydroxylation sites is 2. The van der Waals surface area contributed by atoms with Crippen LogP contribution in [0.2, 0.25) is 0 Å². The van der Waals surface area contributed by atoms with Crippen LogP contribution in [-0.2, 0) is 4.79 Å². The smallest absolute Gasteiger partial charge is 0.387 e. The van der Waals surface area contributed by atoms with E-state index in [2.05, 4.69) is 10.1 Å². The molecule has 0 saturated carbocycles. The highest BCUT2D eigenvalue weighted by Crippen LogP contribution is 2.30. The second kappa shape index (κ2) is 7.20. The van der Waals surface area contributed by atoms with Crippen molar-refractivity contribution in [3.63, 3.8) is 0 Å². The Hall–Kier alpha value is -2.45. The fourth-order valence-electron chi connectivity index (χ4n) is 2.56. The molecule has 2 aromatic carbocycles. The van der Waals surface area contributed by atoms with Crippen molar-refractivity contribution < 1.29 is 23.2 Å². The van der Waals surface area contributed by atoms with Gasteiger partial charge < -0.3 is 10.1 Å². The SMILES string of the molecule is Cc1ccc2c(c1)SC(=N)[NH+]2CC(=O)Nc1ccccc1OC(F)F. The van der Waals surface area contributed by atoms with Gasteiger partial charge in [0.2, 0.25) is 0 Å². The third-order valence-corrected chi connectivity index (χ3v) is 4.67. The fourth-order valence-corrected chi connectivity index (χ4v) is 3.63. The number of hydrogen-bond donors (Lipinski definition) is 3. The van der Waals surface area contributed by atoms with Crippen molar-refractivity contribution in [1.82, 2.24) is 0 Å². The monoisotopic (exact) mass is 364 g/mol. The van der Waals surface area contributed by atoms with E-state index >= 15 is 0 Å². The maximum atomic E-state index is 12.4. The predicted molar refractivity (Wildman–Crippen MR) is 92.0 cm³/mol. The maximum absolute atomic E-state index is 12.4. The molecule has 130 valence electrons. The van der Waals surface area contributed by atoms with Crippen LogP contribution >= 0.6 is 11.8 Å². The normalized spacial score (nSPS) is 16.0. The molecule has 25 heavy (non-hydrogen) atoms. The summed E-state index contributed by atoms with van der Waals surface area (Å²) in [6, 6.07) is 11.8. The van der Waals surface area contributed by atoms with Gasteiger partial charge in [0.25, 0.3) is 11.1 Å². The number of carbonyl (C=O) groups is 1. The van der Waals surface area contributed by atoms with Crippen molar-refractivity contribution in [2.75, 3.05) is 11.9 Å². The number of alkyl halides is 2. The van der Waals surface area contributed by atoms with Crippen molar-refractivity contribution in [2.24, 2.45) is 0 Å². The molecule has 3 rings (SSSR count). The number of ether oxygens (including phenoxy) is 1. The first kappa shape index (κ1) is 17.4. The summed E-state index contributed by atoms with van der Waals surface area (Å²) in [7, 11) is 0. The van der Waals surface area contributed by atoms with Crippen LogP contribution in [0.1, 0.15) is 5.56 Å². The van der Waals surface area contributed by atoms with Crippen molar-refractivity contribution in [3.05, 3.63) is 48.0 Å². The number of fused-ring (bicyclic) bond motifs is 1. The van der Waals surface area contributed by atoms with Gasteiger partial charge in [0, 0.05) is 6.07 Å². The molecule has 2 aromatic rings. The minimum atomic E-state index is -2.97. The van der Waals surface area contributed by atoms with E-state index in [1.165, 1.54) is 23.9 Å². The van der Waals surface area contributed by atoms with E-state index in [4.69, 9.17) is 5.41 Å². The second-order valence-electron chi connectivity index (χ2n) is 5.51. The Morgan fingerprint density at radius 2 is 2.08 bits per heavy atom. The Morgan fingerprint density at radius 1 is 1.32 bits per heavy atom. The molecule has 1 unspecified atom stereocenters. The summed E-state index contributed by atoms with van der Waals surface area (Å²) in [6.07, 6.45) is 0. The average molecular weight is 364 g/mol. The number of hydrogen-bond acceptors (Lipinski definition) is 4. The molecule has 0 radical (unpaired) electrons. The van der Waals surface area contributed by atoms with Crippen LogP contribution in [0.3, 0.4) is 0 Å². The third-order valence-electron chi connectivity index (χ3n) is 3.66. The molecule has 3 N–H and O–H groups in total. The summed E-state index contributed by atoms with van der Waals surface area (Å²) >= 11 is 1.32. The maximum Gasteiger partial charge on any atom is 0.387 e. The van der Waals surface area contributed by atoms with E-state index in [0.29, 0.717) is 10.1 Å². The Morgan fingerprint density at radius 3 is 2.84 bits per heavy atom. The zero-order valence-electron chi connectivity index (χ0n) is 13.3. The average Bonchev–Trinajstić information content (AvgIpc) is 2.83. The summed E-state index contributed by atoms with van der Waals surface area (Å²) in [5, 5.41) is 11.0. The summed E-state index contributed by atoms with van der Waals surface area (Å²) in [4.78, 5) is 13.9. The summed E-state index contributed by atoms with van der Waals surface area (Å²) in [6.45, 7) is -1.01. The van der Waals surface area contributed by atoms with Gasteiger partial charge >= 0.3 is 6.61 Å². The lowest BCUT2D eigenvalue weighted by molar-refractivity contribution is -0.716. The molecule has 1 heterocycles. The van der Waals surface area contributed by atoms with Crippen LogP contribution in [-0.4, -0.2) is 24.2 Å². The number of thioether (sulfide) groups is 1.